The van der Waals surface area contributed by atoms with Crippen molar-refractivity contribution in [1.82, 2.24) is 10.3 Å². The van der Waals surface area contributed by atoms with Crippen LogP contribution in [0, 0.1) is 0 Å². The molecule has 0 spiro atoms. The number of hydrogen-bond acceptors (Lipinski definition) is 1. The first-order valence-corrected chi connectivity index (χ1v) is 6.76. The van der Waals surface area contributed by atoms with Gasteiger partial charge < -0.3 is 16.0 Å². The highest BCUT2D eigenvalue weighted by Gasteiger charge is 2.04. The maximum absolute atomic E-state index is 6.02. The van der Waals surface area contributed by atoms with Gasteiger partial charge in [0.15, 0.2) is 5.96 Å². The maximum atomic E-state index is 6.02. The number of guanidine groups is 1. The Bertz CT molecular complexity index is 592. The van der Waals surface area contributed by atoms with E-state index in [0.717, 1.165) is 22.3 Å². The number of H-pyrrole nitrogens is 1. The van der Waals surface area contributed by atoms with Crippen LogP contribution in [0.5, 0.6) is 0 Å². The second kappa shape index (κ2) is 7.73. The first kappa shape index (κ1) is 17.1. The van der Waals surface area contributed by atoms with Gasteiger partial charge in [-0.1, -0.05) is 11.6 Å². The topological polar surface area (TPSA) is 66.2 Å². The molecule has 0 unspecified atom stereocenters. The van der Waals surface area contributed by atoms with E-state index < -0.39 is 0 Å². The molecular weight excluding hydrogens is 387 g/mol. The van der Waals surface area contributed by atoms with Gasteiger partial charge in [0.05, 0.1) is 0 Å². The van der Waals surface area contributed by atoms with E-state index in [1.54, 1.807) is 0 Å². The molecule has 0 bridgehead atoms. The minimum atomic E-state index is 0. The summed E-state index contributed by atoms with van der Waals surface area (Å²) in [6.07, 6.45) is 2.84. The molecule has 0 aliphatic carbocycles. The number of nitrogens with one attached hydrogen (secondary N) is 2. The Hall–Kier alpha value is -0.950. The zero-order valence-electron chi connectivity index (χ0n) is 11.6. The Kier molecular flexibility index (Phi) is 6.61. The van der Waals surface area contributed by atoms with Gasteiger partial charge in [-0.2, -0.15) is 0 Å². The molecule has 1 heterocycles. The van der Waals surface area contributed by atoms with Gasteiger partial charge in [0, 0.05) is 34.7 Å². The largest absolute Gasteiger partial charge is 0.370 e. The van der Waals surface area contributed by atoms with Crippen molar-refractivity contribution in [2.75, 3.05) is 6.54 Å². The van der Waals surface area contributed by atoms with Crippen LogP contribution in [0.25, 0.3) is 10.9 Å². The monoisotopic (exact) mass is 406 g/mol. The first-order chi connectivity index (χ1) is 9.06. The molecule has 2 aromatic rings. The van der Waals surface area contributed by atoms with Crippen molar-refractivity contribution in [2.45, 2.75) is 26.3 Å². The van der Waals surface area contributed by atoms with Crippen molar-refractivity contribution >= 4 is 52.4 Å². The fourth-order valence-electron chi connectivity index (χ4n) is 2.00. The summed E-state index contributed by atoms with van der Waals surface area (Å²) in [6.45, 7) is 4.72. The number of nitrogens with two attached hydrogens (primary N) is 1. The van der Waals surface area contributed by atoms with E-state index in [-0.39, 0.29) is 24.0 Å². The number of hydrogen-bond donors (Lipinski definition) is 3. The second-order valence-electron chi connectivity index (χ2n) is 4.82. The van der Waals surface area contributed by atoms with Crippen LogP contribution in [-0.2, 0) is 6.42 Å². The van der Waals surface area contributed by atoms with E-state index in [1.807, 2.05) is 38.2 Å². The van der Waals surface area contributed by atoms with E-state index in [9.17, 15) is 0 Å². The molecule has 0 fully saturated rings. The predicted octanol–water partition coefficient (Wildman–Crippen LogP) is 3.29. The fourth-order valence-corrected chi connectivity index (χ4v) is 2.17. The third-order valence-electron chi connectivity index (χ3n) is 2.83. The Labute approximate surface area is 141 Å². The first-order valence-electron chi connectivity index (χ1n) is 6.38. The van der Waals surface area contributed by atoms with Crippen LogP contribution in [0.15, 0.2) is 29.4 Å². The van der Waals surface area contributed by atoms with Crippen LogP contribution >= 0.6 is 35.6 Å². The number of aromatic amines is 1. The Balaban J connectivity index is 0.00000200. The highest BCUT2D eigenvalue weighted by molar-refractivity contribution is 14.0. The third-order valence-corrected chi connectivity index (χ3v) is 3.06. The summed E-state index contributed by atoms with van der Waals surface area (Å²) >= 11 is 6.02. The summed E-state index contributed by atoms with van der Waals surface area (Å²) in [5.74, 6) is 0.493. The summed E-state index contributed by atoms with van der Waals surface area (Å²) in [6, 6.07) is 6.14. The quantitative estimate of drug-likeness (QED) is 0.414. The Morgan fingerprint density at radius 2 is 2.20 bits per heavy atom. The molecule has 0 aliphatic rings. The van der Waals surface area contributed by atoms with E-state index >= 15 is 0 Å². The molecule has 0 saturated carbocycles. The smallest absolute Gasteiger partial charge is 0.188 e. The molecule has 4 nitrogen and oxygen atoms in total. The molecule has 1 aromatic heterocycles. The number of benzene rings is 1. The van der Waals surface area contributed by atoms with Crippen molar-refractivity contribution in [2.24, 2.45) is 10.7 Å². The van der Waals surface area contributed by atoms with Crippen LogP contribution in [0.1, 0.15) is 19.4 Å². The third kappa shape index (κ3) is 4.56. The molecule has 0 radical (unpaired) electrons. The van der Waals surface area contributed by atoms with Crippen molar-refractivity contribution in [3.63, 3.8) is 0 Å². The molecule has 0 atom stereocenters. The summed E-state index contributed by atoms with van der Waals surface area (Å²) < 4.78 is 0. The second-order valence-corrected chi connectivity index (χ2v) is 5.26. The lowest BCUT2D eigenvalue weighted by molar-refractivity contribution is 0.723. The SMILES string of the molecule is CC(C)NC(N)=NCCc1c[nH]c2ccc(Cl)cc12.I. The molecule has 20 heavy (non-hydrogen) atoms. The normalized spacial score (nSPS) is 11.7. The molecule has 0 amide bonds. The van der Waals surface area contributed by atoms with E-state index in [2.05, 4.69) is 15.3 Å². The zero-order chi connectivity index (χ0) is 13.8. The van der Waals surface area contributed by atoms with Crippen LogP contribution in [0.4, 0.5) is 0 Å². The highest BCUT2D eigenvalue weighted by atomic mass is 127. The number of halogens is 2. The molecule has 2 rings (SSSR count). The minimum absolute atomic E-state index is 0. The molecule has 6 heteroatoms. The van der Waals surface area contributed by atoms with Gasteiger partial charge in [0.2, 0.25) is 0 Å². The van der Waals surface area contributed by atoms with E-state index in [4.69, 9.17) is 17.3 Å². The lowest BCUT2D eigenvalue weighted by atomic mass is 10.1. The van der Waals surface area contributed by atoms with Crippen LogP contribution in [0.2, 0.25) is 5.02 Å². The van der Waals surface area contributed by atoms with Gasteiger partial charge in [-0.05, 0) is 44.0 Å². The van der Waals surface area contributed by atoms with Crippen molar-refractivity contribution in [3.05, 3.63) is 35.0 Å². The van der Waals surface area contributed by atoms with Crippen molar-refractivity contribution < 1.29 is 0 Å². The van der Waals surface area contributed by atoms with E-state index in [1.165, 1.54) is 5.56 Å². The molecule has 110 valence electrons. The van der Waals surface area contributed by atoms with E-state index in [0.29, 0.717) is 18.5 Å². The van der Waals surface area contributed by atoms with Crippen molar-refractivity contribution in [1.29, 1.82) is 0 Å². The number of aliphatic imine (C=N–C) groups is 1. The van der Waals surface area contributed by atoms with Gasteiger partial charge >= 0.3 is 0 Å². The Morgan fingerprint density at radius 3 is 2.90 bits per heavy atom. The van der Waals surface area contributed by atoms with Crippen molar-refractivity contribution in [3.8, 4) is 0 Å². The lowest BCUT2D eigenvalue weighted by Crippen LogP contribution is -2.36. The number of aromatic nitrogens is 1. The average Bonchev–Trinajstić information content (AvgIpc) is 2.71. The summed E-state index contributed by atoms with van der Waals surface area (Å²) in [4.78, 5) is 7.54. The molecule has 0 aliphatic heterocycles. The van der Waals surface area contributed by atoms with Gasteiger partial charge in [0.1, 0.15) is 0 Å². The maximum Gasteiger partial charge on any atom is 0.188 e. The average molecular weight is 407 g/mol. The number of fused-ring (bicyclic) bond motifs is 1. The van der Waals surface area contributed by atoms with Gasteiger partial charge in [0.25, 0.3) is 0 Å². The standard InChI is InChI=1S/C14H19ClN4.HI/c1-9(2)19-14(16)17-6-5-10-8-18-13-4-3-11(15)7-12(10)13;/h3-4,7-9,18H,5-6H2,1-2H3,(H3,16,17,19);1H. The summed E-state index contributed by atoms with van der Waals surface area (Å²) in [7, 11) is 0. The lowest BCUT2D eigenvalue weighted by Gasteiger charge is -2.08. The minimum Gasteiger partial charge on any atom is -0.370 e. The molecule has 4 N–H and O–H groups in total. The van der Waals surface area contributed by atoms with Gasteiger partial charge in [-0.15, -0.1) is 24.0 Å². The summed E-state index contributed by atoms with van der Waals surface area (Å²) in [5.41, 5.74) is 8.06. The number of rotatable bonds is 4. The predicted molar refractivity (Wildman–Crippen MR) is 97.2 cm³/mol. The Morgan fingerprint density at radius 1 is 1.45 bits per heavy atom. The molecular formula is C14H20ClIN4. The van der Waals surface area contributed by atoms with Gasteiger partial charge in [-0.3, -0.25) is 4.99 Å². The molecule has 1 aromatic carbocycles. The fraction of sp³-hybridized carbons (Fsp3) is 0.357. The van der Waals surface area contributed by atoms with Crippen LogP contribution in [-0.4, -0.2) is 23.5 Å². The number of nitrogens with zero attached hydrogens (tertiary/aromatic N) is 1. The zero-order valence-corrected chi connectivity index (χ0v) is 14.7. The van der Waals surface area contributed by atoms with Crippen LogP contribution < -0.4 is 11.1 Å². The molecule has 0 saturated heterocycles. The highest BCUT2D eigenvalue weighted by Crippen LogP contribution is 2.22. The summed E-state index contributed by atoms with van der Waals surface area (Å²) in [5, 5.41) is 4.97. The van der Waals surface area contributed by atoms with Crippen LogP contribution in [0.3, 0.4) is 0 Å². The van der Waals surface area contributed by atoms with Gasteiger partial charge in [-0.25, -0.2) is 0 Å².